The van der Waals surface area contributed by atoms with Crippen LogP contribution in [0.25, 0.3) is 22.3 Å². The van der Waals surface area contributed by atoms with E-state index < -0.39 is 82.8 Å². The summed E-state index contributed by atoms with van der Waals surface area (Å²) in [5, 5.41) is 22.3. The zero-order valence-electron chi connectivity index (χ0n) is 22.7. The molecule has 7 heterocycles. The largest absolute Gasteiger partial charge is 0.387 e. The Morgan fingerprint density at radius 2 is 1.47 bits per heavy atom. The van der Waals surface area contributed by atoms with Crippen LogP contribution in [0, 0.1) is 0 Å². The molecule has 45 heavy (non-hydrogen) atoms. The zero-order valence-corrected chi connectivity index (χ0v) is 24.5. The number of ether oxygens (including phenoxy) is 2. The van der Waals surface area contributed by atoms with Crippen molar-refractivity contribution < 1.29 is 46.9 Å². The van der Waals surface area contributed by atoms with Gasteiger partial charge in [0, 0.05) is 0 Å². The molecule has 0 aliphatic carbocycles. The Kier molecular flexibility index (Phi) is 7.40. The van der Waals surface area contributed by atoms with Crippen molar-refractivity contribution in [2.45, 2.75) is 49.1 Å². The first-order valence-corrected chi connectivity index (χ1v) is 16.3. The van der Waals surface area contributed by atoms with Gasteiger partial charge in [0.05, 0.1) is 25.9 Å². The molecule has 3 saturated heterocycles. The fourth-order valence-electron chi connectivity index (χ4n) is 5.35. The number of fused-ring (bicyclic) bond motifs is 5. The molecule has 10 atom stereocenters. The van der Waals surface area contributed by atoms with E-state index in [9.17, 15) is 24.1 Å². The molecule has 2 bridgehead atoms. The molecule has 3 fully saturated rings. The number of H-pyrrole nitrogens is 1. The van der Waals surface area contributed by atoms with Gasteiger partial charge in [-0.3, -0.25) is 28.0 Å². The summed E-state index contributed by atoms with van der Waals surface area (Å²) in [4.78, 5) is 34.8. The normalized spacial score (nSPS) is 37.6. The lowest BCUT2D eigenvalue weighted by Crippen LogP contribution is -2.36. The van der Waals surface area contributed by atoms with Crippen LogP contribution < -0.4 is 17.0 Å². The lowest BCUT2D eigenvalue weighted by molar-refractivity contribution is -0.0578. The molecule has 2 unspecified atom stereocenters. The van der Waals surface area contributed by atoms with Crippen molar-refractivity contribution in [1.82, 2.24) is 39.0 Å². The van der Waals surface area contributed by atoms with E-state index in [1.807, 2.05) is 0 Å². The SMILES string of the molecule is [B][P@]1(=O)OCC2O[C@@H](n3cnc4c(=O)[nH]c(N)nc43)[C@@H](O[P@@]([B])(=O)OC[C@H]3OC(n4cnc5c(N)ncnc54)[C@@H](O)[C@H]3O1)[C@H]2O. The molecule has 234 valence electrons. The first-order valence-electron chi connectivity index (χ1n) is 13.1. The predicted octanol–water partition coefficient (Wildman–Crippen LogP) is -1.99. The summed E-state index contributed by atoms with van der Waals surface area (Å²) in [5.41, 5.74) is 11.1. The number of nitrogen functional groups attached to an aromatic ring is 2. The maximum Gasteiger partial charge on any atom is 0.280 e. The summed E-state index contributed by atoms with van der Waals surface area (Å²) in [6.45, 7) is -1.31. The van der Waals surface area contributed by atoms with Crippen molar-refractivity contribution >= 4 is 64.2 Å². The van der Waals surface area contributed by atoms with Gasteiger partial charge >= 0.3 is 0 Å². The van der Waals surface area contributed by atoms with Gasteiger partial charge < -0.3 is 49.2 Å². The van der Waals surface area contributed by atoms with Gasteiger partial charge in [0.25, 0.3) is 20.5 Å². The molecule has 0 amide bonds. The number of aliphatic hydroxyl groups excluding tert-OH is 2. The average Bonchev–Trinajstić information content (AvgIpc) is 3.72. The Labute approximate surface area is 253 Å². The van der Waals surface area contributed by atoms with Crippen LogP contribution in [0.1, 0.15) is 12.5 Å². The summed E-state index contributed by atoms with van der Waals surface area (Å²) < 4.78 is 62.9. The van der Waals surface area contributed by atoms with E-state index in [0.717, 1.165) is 6.33 Å². The minimum atomic E-state index is -4.58. The van der Waals surface area contributed by atoms with E-state index >= 15 is 0 Å². The summed E-state index contributed by atoms with van der Waals surface area (Å²) in [6, 6.07) is 0. The van der Waals surface area contributed by atoms with Gasteiger partial charge in [-0.25, -0.2) is 19.9 Å². The number of aliphatic hydroxyl groups is 2. The molecule has 7 rings (SSSR count). The maximum absolute atomic E-state index is 13.4. The van der Waals surface area contributed by atoms with Crippen molar-refractivity contribution in [2.24, 2.45) is 0 Å². The maximum atomic E-state index is 13.4. The highest BCUT2D eigenvalue weighted by Gasteiger charge is 2.52. The molecule has 4 aromatic heterocycles. The van der Waals surface area contributed by atoms with Crippen molar-refractivity contribution in [3.8, 4) is 0 Å². The van der Waals surface area contributed by atoms with Crippen molar-refractivity contribution in [3.05, 3.63) is 29.3 Å². The van der Waals surface area contributed by atoms with Crippen LogP contribution in [0.15, 0.2) is 23.8 Å². The number of hydrogen-bond acceptors (Lipinski definition) is 18. The number of anilines is 2. The van der Waals surface area contributed by atoms with Gasteiger partial charge in [-0.1, -0.05) is 0 Å². The standard InChI is InChI=1S/C20H22B2N10O11P2/c21-44(36)38-1-6-10(33)13(19(40-6)32-5-28-9-16(32)29-20(24)30-17(9)35)43-45(22,37)39-2-7-12(42-44)11(34)18(41-7)31-4-27-8-14(23)25-3-26-15(8)31/h3-7,10-13,18-19,33-34H,1-2H2,(H2,23,25,26)(H3,24,29,30,35)/t6?,7-,10+,11+,12+,13+,18?,19-,44+,45+/m1/s1. The van der Waals surface area contributed by atoms with Crippen LogP contribution in [-0.2, 0) is 36.7 Å². The highest BCUT2D eigenvalue weighted by atomic mass is 31.2. The summed E-state index contributed by atoms with van der Waals surface area (Å²) in [7, 11) is 2.69. The minimum Gasteiger partial charge on any atom is -0.387 e. The number of aromatic amines is 1. The zero-order chi connectivity index (χ0) is 31.8. The van der Waals surface area contributed by atoms with Gasteiger partial charge in [0.2, 0.25) is 21.1 Å². The molecule has 0 saturated carbocycles. The van der Waals surface area contributed by atoms with Crippen molar-refractivity contribution in [2.75, 3.05) is 24.7 Å². The van der Waals surface area contributed by atoms with Crippen molar-refractivity contribution in [3.63, 3.8) is 0 Å². The number of nitrogens with one attached hydrogen (secondary N) is 1. The van der Waals surface area contributed by atoms with E-state index in [1.54, 1.807) is 0 Å². The van der Waals surface area contributed by atoms with Crippen LogP contribution in [0.5, 0.6) is 0 Å². The molecule has 3 aliphatic heterocycles. The number of aromatic nitrogens is 8. The lowest BCUT2D eigenvalue weighted by atomic mass is 10.1. The fraction of sp³-hybridized carbons (Fsp3) is 0.500. The molecule has 4 radical (unpaired) electrons. The molecule has 3 aliphatic rings. The van der Waals surface area contributed by atoms with E-state index in [2.05, 4.69) is 29.9 Å². The molecule has 0 aromatic carbocycles. The van der Waals surface area contributed by atoms with Gasteiger partial charge in [0.15, 0.2) is 35.1 Å². The monoisotopic (exact) mass is 662 g/mol. The molecular formula is C20H22B2N10O11P2. The van der Waals surface area contributed by atoms with E-state index in [4.69, 9.17) is 54.2 Å². The summed E-state index contributed by atoms with van der Waals surface area (Å²) in [5.74, 6) is -0.172. The first-order chi connectivity index (χ1) is 21.3. The van der Waals surface area contributed by atoms with Gasteiger partial charge in [-0.15, -0.1) is 0 Å². The molecular weight excluding hydrogens is 640 g/mol. The summed E-state index contributed by atoms with van der Waals surface area (Å²) >= 11 is 0. The minimum absolute atomic E-state index is 0.0633. The third kappa shape index (κ3) is 5.38. The van der Waals surface area contributed by atoms with Crippen LogP contribution >= 0.6 is 14.9 Å². The van der Waals surface area contributed by atoms with Crippen LogP contribution in [0.3, 0.4) is 0 Å². The molecule has 4 aromatic rings. The second-order valence-corrected chi connectivity index (χ2v) is 13.4. The van der Waals surface area contributed by atoms with E-state index in [0.29, 0.717) is 0 Å². The Bertz CT molecular complexity index is 1940. The Morgan fingerprint density at radius 3 is 2.20 bits per heavy atom. The highest BCUT2D eigenvalue weighted by molar-refractivity contribution is 7.79. The second kappa shape index (κ2) is 10.9. The number of nitrogens with two attached hydrogens (primary N) is 2. The summed E-state index contributed by atoms with van der Waals surface area (Å²) in [6.07, 6.45) is -7.94. The Morgan fingerprint density at radius 1 is 0.844 bits per heavy atom. The van der Waals surface area contributed by atoms with Crippen LogP contribution in [0.2, 0.25) is 0 Å². The first kappa shape index (κ1) is 30.4. The molecule has 7 N–H and O–H groups in total. The van der Waals surface area contributed by atoms with E-state index in [1.165, 1.54) is 21.8 Å². The lowest BCUT2D eigenvalue weighted by Gasteiger charge is -2.28. The number of imidazole rings is 2. The molecule has 25 heteroatoms. The molecule has 0 spiro atoms. The fourth-order valence-corrected chi connectivity index (χ4v) is 7.35. The highest BCUT2D eigenvalue weighted by Crippen LogP contribution is 2.53. The third-order valence-electron chi connectivity index (χ3n) is 7.38. The second-order valence-electron chi connectivity index (χ2n) is 10.3. The van der Waals surface area contributed by atoms with Gasteiger partial charge in [0.1, 0.15) is 48.5 Å². The van der Waals surface area contributed by atoms with Crippen molar-refractivity contribution in [1.29, 1.82) is 0 Å². The number of rotatable bonds is 2. The van der Waals surface area contributed by atoms with Gasteiger partial charge in [-0.05, 0) is 0 Å². The third-order valence-corrected chi connectivity index (χ3v) is 9.48. The van der Waals surface area contributed by atoms with Crippen LogP contribution in [0.4, 0.5) is 11.8 Å². The smallest absolute Gasteiger partial charge is 0.280 e. The Hall–Kier alpha value is -3.23. The number of hydrogen-bond donors (Lipinski definition) is 5. The van der Waals surface area contributed by atoms with E-state index in [-0.39, 0.29) is 34.1 Å². The number of nitrogens with zero attached hydrogens (tertiary/aromatic N) is 7. The quantitative estimate of drug-likeness (QED) is 0.115. The predicted molar refractivity (Wildman–Crippen MR) is 151 cm³/mol. The topological polar surface area (TPSA) is 289 Å². The molecule has 21 nitrogen and oxygen atoms in total. The van der Waals surface area contributed by atoms with Crippen LogP contribution in [-0.4, -0.2) is 114 Å². The Balaban J connectivity index is 1.21. The average molecular weight is 662 g/mol. The van der Waals surface area contributed by atoms with Gasteiger partial charge in [-0.2, -0.15) is 4.98 Å².